The maximum atomic E-state index is 13.6. The van der Waals surface area contributed by atoms with Gasteiger partial charge >= 0.3 is 0 Å². The summed E-state index contributed by atoms with van der Waals surface area (Å²) in [5.41, 5.74) is 3.38. The number of benzene rings is 3. The second-order valence-electron chi connectivity index (χ2n) is 8.25. The molecule has 0 saturated heterocycles. The van der Waals surface area contributed by atoms with Crippen LogP contribution in [0.4, 0.5) is 0 Å². The van der Waals surface area contributed by atoms with Gasteiger partial charge in [0.2, 0.25) is 5.78 Å². The highest BCUT2D eigenvalue weighted by Crippen LogP contribution is 2.31. The SMILES string of the molecule is COc1cc(C(=O)c2c[nH]c(-c3cc4ccccc4n3S(=O)(=O)c3ccccc3)n2)cc(C)c1C. The lowest BCUT2D eigenvalue weighted by molar-refractivity contribution is 0.103. The van der Waals surface area contributed by atoms with E-state index in [2.05, 4.69) is 9.97 Å². The summed E-state index contributed by atoms with van der Waals surface area (Å²) >= 11 is 0. The van der Waals surface area contributed by atoms with Crippen molar-refractivity contribution >= 4 is 26.7 Å². The number of ether oxygens (including phenoxy) is 1. The Kier molecular flexibility index (Phi) is 5.53. The summed E-state index contributed by atoms with van der Waals surface area (Å²) in [5, 5.41) is 0.741. The van der Waals surface area contributed by atoms with Gasteiger partial charge in [0.05, 0.1) is 17.5 Å². The molecule has 5 rings (SSSR count). The summed E-state index contributed by atoms with van der Waals surface area (Å²) in [6.07, 6.45) is 1.50. The van der Waals surface area contributed by atoms with Crippen LogP contribution in [0.1, 0.15) is 27.2 Å². The molecule has 0 aliphatic rings. The summed E-state index contributed by atoms with van der Waals surface area (Å²) in [6.45, 7) is 3.85. The maximum absolute atomic E-state index is 13.6. The number of imidazole rings is 1. The number of methoxy groups -OCH3 is 1. The Balaban J connectivity index is 1.64. The van der Waals surface area contributed by atoms with Crippen molar-refractivity contribution in [3.05, 3.63) is 101 Å². The second-order valence-corrected chi connectivity index (χ2v) is 10.0. The Morgan fingerprint density at radius 3 is 2.43 bits per heavy atom. The van der Waals surface area contributed by atoms with Gasteiger partial charge in [0.25, 0.3) is 10.0 Å². The molecule has 3 aromatic carbocycles. The molecule has 1 N–H and O–H groups in total. The molecule has 0 radical (unpaired) electrons. The lowest BCUT2D eigenvalue weighted by Gasteiger charge is -2.11. The zero-order valence-corrected chi connectivity index (χ0v) is 20.3. The van der Waals surface area contributed by atoms with Crippen LogP contribution < -0.4 is 4.74 Å². The number of carbonyl (C=O) groups is 1. The molecule has 35 heavy (non-hydrogen) atoms. The van der Waals surface area contributed by atoms with E-state index in [1.54, 1.807) is 67.8 Å². The number of nitrogens with zero attached hydrogens (tertiary/aromatic N) is 2. The van der Waals surface area contributed by atoms with Crippen LogP contribution in [0.3, 0.4) is 0 Å². The highest BCUT2D eigenvalue weighted by molar-refractivity contribution is 7.90. The number of ketones is 1. The minimum atomic E-state index is -3.93. The van der Waals surface area contributed by atoms with E-state index < -0.39 is 10.0 Å². The van der Waals surface area contributed by atoms with E-state index in [9.17, 15) is 13.2 Å². The van der Waals surface area contributed by atoms with Crippen LogP contribution in [0.5, 0.6) is 5.75 Å². The van der Waals surface area contributed by atoms with Crippen molar-refractivity contribution in [1.82, 2.24) is 13.9 Å². The van der Waals surface area contributed by atoms with E-state index in [0.717, 1.165) is 16.5 Å². The van der Waals surface area contributed by atoms with Gasteiger partial charge in [-0.1, -0.05) is 36.4 Å². The van der Waals surface area contributed by atoms with Gasteiger partial charge in [-0.3, -0.25) is 4.79 Å². The van der Waals surface area contributed by atoms with Gasteiger partial charge < -0.3 is 9.72 Å². The fourth-order valence-corrected chi connectivity index (χ4v) is 5.67. The molecule has 2 heterocycles. The minimum Gasteiger partial charge on any atom is -0.496 e. The van der Waals surface area contributed by atoms with Gasteiger partial charge in [-0.25, -0.2) is 17.4 Å². The van der Waals surface area contributed by atoms with Gasteiger partial charge in [-0.2, -0.15) is 0 Å². The van der Waals surface area contributed by atoms with Crippen molar-refractivity contribution in [3.63, 3.8) is 0 Å². The number of fused-ring (bicyclic) bond motifs is 1. The molecule has 0 atom stereocenters. The van der Waals surface area contributed by atoms with Crippen molar-refractivity contribution in [2.24, 2.45) is 0 Å². The smallest absolute Gasteiger partial charge is 0.268 e. The molecule has 0 aliphatic carbocycles. The Morgan fingerprint density at radius 2 is 1.69 bits per heavy atom. The highest BCUT2D eigenvalue weighted by Gasteiger charge is 2.26. The molecule has 176 valence electrons. The van der Waals surface area contributed by atoms with Crippen LogP contribution in [-0.4, -0.2) is 35.3 Å². The molecular weight excluding hydrogens is 462 g/mol. The molecule has 7 nitrogen and oxygen atoms in total. The van der Waals surface area contributed by atoms with Crippen LogP contribution in [0.2, 0.25) is 0 Å². The van der Waals surface area contributed by atoms with Gasteiger partial charge in [0.1, 0.15) is 17.1 Å². The van der Waals surface area contributed by atoms with Gasteiger partial charge in [-0.05, 0) is 61.4 Å². The fraction of sp³-hybridized carbons (Fsp3) is 0.111. The first-order valence-electron chi connectivity index (χ1n) is 11.0. The highest BCUT2D eigenvalue weighted by atomic mass is 32.2. The lowest BCUT2D eigenvalue weighted by Crippen LogP contribution is -2.14. The molecule has 0 fully saturated rings. The third-order valence-electron chi connectivity index (χ3n) is 6.10. The van der Waals surface area contributed by atoms with E-state index in [1.807, 2.05) is 26.0 Å². The maximum Gasteiger partial charge on any atom is 0.268 e. The van der Waals surface area contributed by atoms with Crippen molar-refractivity contribution in [2.45, 2.75) is 18.7 Å². The molecule has 0 saturated carbocycles. The number of aromatic amines is 1. The predicted molar refractivity (Wildman–Crippen MR) is 134 cm³/mol. The molecule has 0 bridgehead atoms. The number of aromatic nitrogens is 3. The summed E-state index contributed by atoms with van der Waals surface area (Å²) in [6, 6.07) is 20.7. The molecule has 0 spiro atoms. The van der Waals surface area contributed by atoms with Crippen LogP contribution in [0.15, 0.2) is 83.9 Å². The van der Waals surface area contributed by atoms with Crippen LogP contribution >= 0.6 is 0 Å². The second kappa shape index (κ2) is 8.56. The number of hydrogen-bond donors (Lipinski definition) is 1. The monoisotopic (exact) mass is 485 g/mol. The quantitative estimate of drug-likeness (QED) is 0.337. The van der Waals surface area contributed by atoms with Gasteiger partial charge in [0, 0.05) is 17.1 Å². The zero-order chi connectivity index (χ0) is 24.7. The fourth-order valence-electron chi connectivity index (χ4n) is 4.14. The largest absolute Gasteiger partial charge is 0.496 e. The van der Waals surface area contributed by atoms with E-state index in [1.165, 1.54) is 10.2 Å². The van der Waals surface area contributed by atoms with Crippen LogP contribution in [-0.2, 0) is 10.0 Å². The first-order valence-corrected chi connectivity index (χ1v) is 12.4. The predicted octanol–water partition coefficient (Wildman–Crippen LogP) is 5.12. The third-order valence-corrected chi connectivity index (χ3v) is 7.84. The standard InChI is InChI=1S/C27H23N3O4S/c1-17-13-20(15-25(34-3)18(17)2)26(31)22-16-28-27(29-22)24-14-19-9-7-8-12-23(19)30(24)35(32,33)21-10-5-4-6-11-21/h4-16H,1-3H3,(H,28,29). The molecule has 2 aromatic heterocycles. The molecule has 5 aromatic rings. The van der Waals surface area contributed by atoms with E-state index in [4.69, 9.17) is 4.74 Å². The first-order chi connectivity index (χ1) is 16.8. The number of nitrogens with one attached hydrogen (secondary N) is 1. The topological polar surface area (TPSA) is 94.0 Å². The number of carbonyl (C=O) groups excluding carboxylic acids is 1. The Labute approximate surface area is 203 Å². The lowest BCUT2D eigenvalue weighted by atomic mass is 10.0. The normalized spacial score (nSPS) is 11.6. The number of aryl methyl sites for hydroxylation is 1. The molecule has 0 amide bonds. The number of hydrogen-bond acceptors (Lipinski definition) is 5. The molecule has 0 unspecified atom stereocenters. The summed E-state index contributed by atoms with van der Waals surface area (Å²) < 4.78 is 34.0. The average molecular weight is 486 g/mol. The van der Waals surface area contributed by atoms with Crippen LogP contribution in [0.25, 0.3) is 22.4 Å². The summed E-state index contributed by atoms with van der Waals surface area (Å²) in [5.74, 6) is 0.612. The Bertz CT molecular complexity index is 1680. The van der Waals surface area contributed by atoms with E-state index in [-0.39, 0.29) is 22.2 Å². The Morgan fingerprint density at radius 1 is 0.971 bits per heavy atom. The number of H-pyrrole nitrogens is 1. The van der Waals surface area contributed by atoms with Crippen molar-refractivity contribution in [3.8, 4) is 17.3 Å². The van der Waals surface area contributed by atoms with Crippen molar-refractivity contribution in [2.75, 3.05) is 7.11 Å². The molecular formula is C27H23N3O4S. The molecule has 8 heteroatoms. The van der Waals surface area contributed by atoms with E-state index in [0.29, 0.717) is 22.5 Å². The summed E-state index contributed by atoms with van der Waals surface area (Å²) in [4.78, 5) is 20.9. The molecule has 0 aliphatic heterocycles. The minimum absolute atomic E-state index is 0.160. The van der Waals surface area contributed by atoms with Crippen LogP contribution in [0, 0.1) is 13.8 Å². The van der Waals surface area contributed by atoms with Gasteiger partial charge in [0.15, 0.2) is 5.82 Å². The number of para-hydroxylation sites is 1. The number of rotatable bonds is 6. The first kappa shape index (κ1) is 22.6. The average Bonchev–Trinajstić information content (AvgIpc) is 3.51. The van der Waals surface area contributed by atoms with E-state index >= 15 is 0 Å². The Hall–Kier alpha value is -4.17. The summed E-state index contributed by atoms with van der Waals surface area (Å²) in [7, 11) is -2.36. The third kappa shape index (κ3) is 3.81. The van der Waals surface area contributed by atoms with Crippen molar-refractivity contribution < 1.29 is 17.9 Å². The van der Waals surface area contributed by atoms with Gasteiger partial charge in [-0.15, -0.1) is 0 Å². The van der Waals surface area contributed by atoms with Crippen molar-refractivity contribution in [1.29, 1.82) is 0 Å². The zero-order valence-electron chi connectivity index (χ0n) is 19.4.